The number of hydrogen-bond donors (Lipinski definition) is 1. The molecule has 0 aliphatic rings. The zero-order chi connectivity index (χ0) is 13.9. The first-order valence-corrected chi connectivity index (χ1v) is 5.53. The molecule has 0 atom stereocenters. The van der Waals surface area contributed by atoms with Gasteiger partial charge < -0.3 is 9.84 Å². The number of halogens is 3. The highest BCUT2D eigenvalue weighted by atomic mass is 19.4. The summed E-state index contributed by atoms with van der Waals surface area (Å²) in [5.41, 5.74) is -0.0649. The van der Waals surface area contributed by atoms with Gasteiger partial charge in [-0.1, -0.05) is 18.2 Å². The summed E-state index contributed by atoms with van der Waals surface area (Å²) in [6.45, 7) is 0.140. The predicted molar refractivity (Wildman–Crippen MR) is 63.9 cm³/mol. The van der Waals surface area contributed by atoms with Crippen molar-refractivity contribution < 1.29 is 23.0 Å². The molecule has 2 rings (SSSR count). The molecule has 0 radical (unpaired) electrons. The molecule has 2 nitrogen and oxygen atoms in total. The average molecular weight is 268 g/mol. The second kappa shape index (κ2) is 5.22. The maximum Gasteiger partial charge on any atom is 0.416 e. The first-order chi connectivity index (χ1) is 8.95. The van der Waals surface area contributed by atoms with Crippen molar-refractivity contribution in [3.8, 4) is 11.5 Å². The number of phenols is 1. The van der Waals surface area contributed by atoms with Crippen molar-refractivity contribution in [2.75, 3.05) is 0 Å². The third-order valence-electron chi connectivity index (χ3n) is 2.50. The highest BCUT2D eigenvalue weighted by molar-refractivity contribution is 5.32. The highest BCUT2D eigenvalue weighted by Gasteiger charge is 2.29. The van der Waals surface area contributed by atoms with E-state index in [2.05, 4.69) is 0 Å². The average Bonchev–Trinajstić information content (AvgIpc) is 2.36. The quantitative estimate of drug-likeness (QED) is 0.912. The lowest BCUT2D eigenvalue weighted by atomic mass is 10.1. The number of hydrogen-bond acceptors (Lipinski definition) is 2. The normalized spacial score (nSPS) is 11.3. The van der Waals surface area contributed by atoms with E-state index in [1.54, 1.807) is 12.1 Å². The van der Waals surface area contributed by atoms with Crippen molar-refractivity contribution in [1.29, 1.82) is 0 Å². The molecule has 0 heterocycles. The number of phenolic OH excluding ortho intramolecular Hbond substituents is 1. The topological polar surface area (TPSA) is 29.5 Å². The molecule has 0 saturated heterocycles. The van der Waals surface area contributed by atoms with Gasteiger partial charge in [0.1, 0.15) is 18.1 Å². The Labute approximate surface area is 108 Å². The van der Waals surface area contributed by atoms with Crippen molar-refractivity contribution in [2.24, 2.45) is 0 Å². The Morgan fingerprint density at radius 2 is 1.68 bits per heavy atom. The number of rotatable bonds is 3. The van der Waals surface area contributed by atoms with Crippen LogP contribution in [0.1, 0.15) is 11.1 Å². The van der Waals surface area contributed by atoms with Crippen LogP contribution in [0.3, 0.4) is 0 Å². The number of ether oxygens (including phenoxy) is 1. The van der Waals surface area contributed by atoms with E-state index >= 15 is 0 Å². The number of benzene rings is 2. The van der Waals surface area contributed by atoms with E-state index < -0.39 is 11.7 Å². The maximum absolute atomic E-state index is 12.4. The fraction of sp³-hybridized carbons (Fsp3) is 0.143. The third-order valence-corrected chi connectivity index (χ3v) is 2.50. The fourth-order valence-electron chi connectivity index (χ4n) is 1.53. The molecule has 2 aromatic carbocycles. The largest absolute Gasteiger partial charge is 0.508 e. The van der Waals surface area contributed by atoms with E-state index in [4.69, 9.17) is 4.74 Å². The highest BCUT2D eigenvalue weighted by Crippen LogP contribution is 2.29. The van der Waals surface area contributed by atoms with Crippen LogP contribution < -0.4 is 4.74 Å². The minimum Gasteiger partial charge on any atom is -0.508 e. The minimum absolute atomic E-state index is 0.0740. The SMILES string of the molecule is Oc1cccc(OCc2ccc(C(F)(F)F)cc2)c1. The van der Waals surface area contributed by atoms with Crippen LogP contribution in [0, 0.1) is 0 Å². The van der Waals surface area contributed by atoms with Crippen LogP contribution in [0.5, 0.6) is 11.5 Å². The Bertz CT molecular complexity index is 547. The van der Waals surface area contributed by atoms with Gasteiger partial charge in [0, 0.05) is 6.07 Å². The maximum atomic E-state index is 12.4. The minimum atomic E-state index is -4.33. The zero-order valence-corrected chi connectivity index (χ0v) is 9.82. The Morgan fingerprint density at radius 1 is 1.00 bits per heavy atom. The van der Waals surface area contributed by atoms with Crippen molar-refractivity contribution in [2.45, 2.75) is 12.8 Å². The molecule has 100 valence electrons. The summed E-state index contributed by atoms with van der Waals surface area (Å²) >= 11 is 0. The lowest BCUT2D eigenvalue weighted by molar-refractivity contribution is -0.137. The van der Waals surface area contributed by atoms with Crippen LogP contribution in [-0.4, -0.2) is 5.11 Å². The number of aromatic hydroxyl groups is 1. The molecule has 2 aromatic rings. The van der Waals surface area contributed by atoms with E-state index in [0.717, 1.165) is 12.1 Å². The van der Waals surface area contributed by atoms with Crippen LogP contribution in [0.4, 0.5) is 13.2 Å². The van der Waals surface area contributed by atoms with Crippen LogP contribution in [-0.2, 0) is 12.8 Å². The molecule has 0 fully saturated rings. The molecule has 0 aliphatic heterocycles. The summed E-state index contributed by atoms with van der Waals surface area (Å²) in [5.74, 6) is 0.532. The molecule has 0 spiro atoms. The second-order valence-electron chi connectivity index (χ2n) is 3.98. The monoisotopic (exact) mass is 268 g/mol. The molecule has 0 saturated carbocycles. The predicted octanol–water partition coefficient (Wildman–Crippen LogP) is 3.99. The Morgan fingerprint density at radius 3 is 2.26 bits per heavy atom. The van der Waals surface area contributed by atoms with Gasteiger partial charge in [0.05, 0.1) is 5.56 Å². The first-order valence-electron chi connectivity index (χ1n) is 5.53. The van der Waals surface area contributed by atoms with Gasteiger partial charge >= 0.3 is 6.18 Å². The molecule has 0 unspecified atom stereocenters. The van der Waals surface area contributed by atoms with Crippen molar-refractivity contribution in [3.63, 3.8) is 0 Å². The smallest absolute Gasteiger partial charge is 0.416 e. The fourth-order valence-corrected chi connectivity index (χ4v) is 1.53. The molecule has 0 aromatic heterocycles. The van der Waals surface area contributed by atoms with Gasteiger partial charge in [0.15, 0.2) is 0 Å². The van der Waals surface area contributed by atoms with E-state index in [-0.39, 0.29) is 12.4 Å². The molecule has 0 aliphatic carbocycles. The lowest BCUT2D eigenvalue weighted by Gasteiger charge is -2.09. The Hall–Kier alpha value is -2.17. The summed E-state index contributed by atoms with van der Waals surface area (Å²) < 4.78 is 42.4. The van der Waals surface area contributed by atoms with Gasteiger partial charge in [-0.2, -0.15) is 13.2 Å². The second-order valence-corrected chi connectivity index (χ2v) is 3.98. The van der Waals surface area contributed by atoms with E-state index in [1.165, 1.54) is 24.3 Å². The van der Waals surface area contributed by atoms with Crippen molar-refractivity contribution in [1.82, 2.24) is 0 Å². The Kier molecular flexibility index (Phi) is 3.64. The first kappa shape index (κ1) is 13.3. The molecule has 5 heteroatoms. The van der Waals surface area contributed by atoms with Crippen LogP contribution in [0.2, 0.25) is 0 Å². The van der Waals surface area contributed by atoms with E-state index in [0.29, 0.717) is 11.3 Å². The van der Waals surface area contributed by atoms with Gasteiger partial charge in [-0.05, 0) is 29.8 Å². The van der Waals surface area contributed by atoms with Crippen LogP contribution >= 0.6 is 0 Å². The molecule has 1 N–H and O–H groups in total. The standard InChI is InChI=1S/C14H11F3O2/c15-14(16,17)11-6-4-10(5-7-11)9-19-13-3-1-2-12(18)8-13/h1-8,18H,9H2. The van der Waals surface area contributed by atoms with Crippen molar-refractivity contribution in [3.05, 3.63) is 59.7 Å². The van der Waals surface area contributed by atoms with E-state index in [9.17, 15) is 18.3 Å². The van der Waals surface area contributed by atoms with Gasteiger partial charge in [-0.15, -0.1) is 0 Å². The van der Waals surface area contributed by atoms with Crippen molar-refractivity contribution >= 4 is 0 Å². The summed E-state index contributed by atoms with van der Waals surface area (Å²) in [7, 11) is 0. The molecular weight excluding hydrogens is 257 g/mol. The van der Waals surface area contributed by atoms with Gasteiger partial charge in [0.25, 0.3) is 0 Å². The summed E-state index contributed by atoms with van der Waals surface area (Å²) in [6, 6.07) is 11.0. The summed E-state index contributed by atoms with van der Waals surface area (Å²) in [5, 5.41) is 9.23. The van der Waals surface area contributed by atoms with Gasteiger partial charge in [-0.3, -0.25) is 0 Å². The van der Waals surface area contributed by atoms with Crippen LogP contribution in [0.15, 0.2) is 48.5 Å². The van der Waals surface area contributed by atoms with Gasteiger partial charge in [0.2, 0.25) is 0 Å². The summed E-state index contributed by atoms with van der Waals surface area (Å²) in [6.07, 6.45) is -4.33. The van der Waals surface area contributed by atoms with Gasteiger partial charge in [-0.25, -0.2) is 0 Å². The lowest BCUT2D eigenvalue weighted by Crippen LogP contribution is -2.05. The zero-order valence-electron chi connectivity index (χ0n) is 9.82. The molecule has 0 amide bonds. The molecule has 0 bridgehead atoms. The molecular formula is C14H11F3O2. The van der Waals surface area contributed by atoms with E-state index in [1.807, 2.05) is 0 Å². The molecule has 19 heavy (non-hydrogen) atoms. The Balaban J connectivity index is 2.01. The number of alkyl halides is 3. The summed E-state index contributed by atoms with van der Waals surface area (Å²) in [4.78, 5) is 0. The third kappa shape index (κ3) is 3.64. The van der Waals surface area contributed by atoms with Crippen LogP contribution in [0.25, 0.3) is 0 Å².